The van der Waals surface area contributed by atoms with Crippen molar-refractivity contribution < 1.29 is 5.11 Å². The highest BCUT2D eigenvalue weighted by Gasteiger charge is 2.16. The molecule has 0 saturated heterocycles. The number of phenols is 1. The molecule has 0 radical (unpaired) electrons. The summed E-state index contributed by atoms with van der Waals surface area (Å²) in [7, 11) is 2.07. The van der Waals surface area contributed by atoms with Gasteiger partial charge < -0.3 is 10.0 Å². The molecule has 0 bridgehead atoms. The standard InChI is InChI=1S/C19H21N3O/c1-13-5-4-6-17-18(13)19(21-12-20-17)22(3)14(2)11-15-7-9-16(23)10-8-15/h4-10,12,14,23H,11H2,1-3H3. The molecule has 0 aliphatic heterocycles. The molecule has 3 rings (SSSR count). The summed E-state index contributed by atoms with van der Waals surface area (Å²) in [6.45, 7) is 4.27. The number of likely N-dealkylation sites (N-methyl/N-ethyl adjacent to an activating group) is 1. The van der Waals surface area contributed by atoms with Gasteiger partial charge in [0.1, 0.15) is 17.9 Å². The first-order valence-electron chi connectivity index (χ1n) is 7.77. The number of nitrogens with zero attached hydrogens (tertiary/aromatic N) is 3. The van der Waals surface area contributed by atoms with Crippen molar-refractivity contribution in [3.05, 3.63) is 59.9 Å². The third-order valence-electron chi connectivity index (χ3n) is 4.31. The third-order valence-corrected chi connectivity index (χ3v) is 4.31. The van der Waals surface area contributed by atoms with Gasteiger partial charge in [-0.15, -0.1) is 0 Å². The average molecular weight is 307 g/mol. The zero-order valence-corrected chi connectivity index (χ0v) is 13.7. The van der Waals surface area contributed by atoms with Crippen molar-refractivity contribution >= 4 is 16.7 Å². The van der Waals surface area contributed by atoms with E-state index in [1.165, 1.54) is 11.1 Å². The zero-order valence-electron chi connectivity index (χ0n) is 13.7. The maximum absolute atomic E-state index is 9.40. The second kappa shape index (κ2) is 6.24. The minimum atomic E-state index is 0.275. The molecule has 0 amide bonds. The number of hydrogen-bond donors (Lipinski definition) is 1. The number of aryl methyl sites for hydroxylation is 1. The van der Waals surface area contributed by atoms with E-state index < -0.39 is 0 Å². The van der Waals surface area contributed by atoms with Crippen LogP contribution in [0.5, 0.6) is 5.75 Å². The van der Waals surface area contributed by atoms with Crippen LogP contribution in [0.25, 0.3) is 10.9 Å². The van der Waals surface area contributed by atoms with Crippen LogP contribution in [0.15, 0.2) is 48.8 Å². The lowest BCUT2D eigenvalue weighted by Crippen LogP contribution is -2.31. The highest BCUT2D eigenvalue weighted by atomic mass is 16.3. The van der Waals surface area contributed by atoms with Gasteiger partial charge in [0, 0.05) is 18.5 Å². The lowest BCUT2D eigenvalue weighted by Gasteiger charge is -2.27. The van der Waals surface area contributed by atoms with Crippen LogP contribution in [0.3, 0.4) is 0 Å². The maximum Gasteiger partial charge on any atom is 0.140 e. The summed E-state index contributed by atoms with van der Waals surface area (Å²) in [5.74, 6) is 1.26. The SMILES string of the molecule is Cc1cccc2ncnc(N(C)C(C)Cc3ccc(O)cc3)c12. The fraction of sp³-hybridized carbons (Fsp3) is 0.263. The van der Waals surface area contributed by atoms with Crippen molar-refractivity contribution in [1.82, 2.24) is 9.97 Å². The van der Waals surface area contributed by atoms with Gasteiger partial charge in [0.15, 0.2) is 0 Å². The summed E-state index contributed by atoms with van der Waals surface area (Å²) < 4.78 is 0. The van der Waals surface area contributed by atoms with Crippen molar-refractivity contribution in [3.8, 4) is 5.75 Å². The molecule has 1 aromatic heterocycles. The minimum Gasteiger partial charge on any atom is -0.508 e. The summed E-state index contributed by atoms with van der Waals surface area (Å²) in [6.07, 6.45) is 2.51. The van der Waals surface area contributed by atoms with Crippen molar-refractivity contribution in [2.45, 2.75) is 26.3 Å². The molecular formula is C19H21N3O. The fourth-order valence-corrected chi connectivity index (χ4v) is 2.85. The molecule has 1 atom stereocenters. The zero-order chi connectivity index (χ0) is 16.4. The number of benzene rings is 2. The Bertz CT molecular complexity index is 809. The summed E-state index contributed by atoms with van der Waals surface area (Å²) in [5, 5.41) is 10.5. The number of fused-ring (bicyclic) bond motifs is 1. The largest absolute Gasteiger partial charge is 0.508 e. The van der Waals surface area contributed by atoms with E-state index in [4.69, 9.17) is 0 Å². The van der Waals surface area contributed by atoms with Crippen LogP contribution < -0.4 is 4.90 Å². The smallest absolute Gasteiger partial charge is 0.140 e. The van der Waals surface area contributed by atoms with Crippen molar-refractivity contribution in [3.63, 3.8) is 0 Å². The lowest BCUT2D eigenvalue weighted by atomic mass is 10.0. The number of rotatable bonds is 4. The molecule has 0 spiro atoms. The highest BCUT2D eigenvalue weighted by molar-refractivity contribution is 5.92. The van der Waals surface area contributed by atoms with Crippen molar-refractivity contribution in [1.29, 1.82) is 0 Å². The number of aromatic nitrogens is 2. The molecule has 1 unspecified atom stereocenters. The number of phenolic OH excluding ortho intramolecular Hbond substituents is 1. The third kappa shape index (κ3) is 3.11. The Balaban J connectivity index is 1.90. The minimum absolute atomic E-state index is 0.275. The van der Waals surface area contributed by atoms with Crippen molar-refractivity contribution in [2.75, 3.05) is 11.9 Å². The van der Waals surface area contributed by atoms with Gasteiger partial charge >= 0.3 is 0 Å². The Morgan fingerprint density at radius 3 is 2.57 bits per heavy atom. The molecule has 4 nitrogen and oxygen atoms in total. The monoisotopic (exact) mass is 307 g/mol. The molecule has 0 fully saturated rings. The number of anilines is 1. The average Bonchev–Trinajstić information content (AvgIpc) is 2.56. The topological polar surface area (TPSA) is 49.2 Å². The van der Waals surface area contributed by atoms with E-state index in [1.54, 1.807) is 18.5 Å². The molecule has 1 heterocycles. The van der Waals surface area contributed by atoms with Crippen LogP contribution in [0.4, 0.5) is 5.82 Å². The van der Waals surface area contributed by atoms with E-state index in [1.807, 2.05) is 24.3 Å². The number of aromatic hydroxyl groups is 1. The summed E-state index contributed by atoms with van der Waals surface area (Å²) in [4.78, 5) is 11.1. The normalized spacial score (nSPS) is 12.3. The molecule has 2 aromatic carbocycles. The lowest BCUT2D eigenvalue weighted by molar-refractivity contribution is 0.475. The van der Waals surface area contributed by atoms with E-state index in [0.29, 0.717) is 5.75 Å². The van der Waals surface area contributed by atoms with Crippen LogP contribution >= 0.6 is 0 Å². The van der Waals surface area contributed by atoms with E-state index in [-0.39, 0.29) is 6.04 Å². The van der Waals surface area contributed by atoms with E-state index in [2.05, 4.69) is 41.8 Å². The molecule has 0 aliphatic rings. The van der Waals surface area contributed by atoms with Crippen LogP contribution in [0.2, 0.25) is 0 Å². The quantitative estimate of drug-likeness (QED) is 0.798. The summed E-state index contributed by atoms with van der Waals surface area (Å²) >= 11 is 0. The molecular weight excluding hydrogens is 286 g/mol. The number of hydrogen-bond acceptors (Lipinski definition) is 4. The predicted octanol–water partition coefficient (Wildman–Crippen LogP) is 3.71. The van der Waals surface area contributed by atoms with Gasteiger partial charge in [-0.1, -0.05) is 24.3 Å². The van der Waals surface area contributed by atoms with Gasteiger partial charge in [-0.25, -0.2) is 9.97 Å². The predicted molar refractivity (Wildman–Crippen MR) is 94.0 cm³/mol. The van der Waals surface area contributed by atoms with Crippen LogP contribution in [0, 0.1) is 6.92 Å². The Labute approximate surface area is 136 Å². The molecule has 118 valence electrons. The Morgan fingerprint density at radius 2 is 1.83 bits per heavy atom. The Hall–Kier alpha value is -2.62. The van der Waals surface area contributed by atoms with Gasteiger partial charge in [0.05, 0.1) is 5.52 Å². The first-order valence-corrected chi connectivity index (χ1v) is 7.77. The van der Waals surface area contributed by atoms with Gasteiger partial charge in [-0.2, -0.15) is 0 Å². The van der Waals surface area contributed by atoms with E-state index in [0.717, 1.165) is 23.1 Å². The summed E-state index contributed by atoms with van der Waals surface area (Å²) in [6, 6.07) is 13.8. The van der Waals surface area contributed by atoms with Gasteiger partial charge in [-0.3, -0.25) is 0 Å². The Morgan fingerprint density at radius 1 is 1.09 bits per heavy atom. The first-order chi connectivity index (χ1) is 11.1. The molecule has 0 aliphatic carbocycles. The molecule has 1 N–H and O–H groups in total. The van der Waals surface area contributed by atoms with Gasteiger partial charge in [0.25, 0.3) is 0 Å². The van der Waals surface area contributed by atoms with E-state index >= 15 is 0 Å². The maximum atomic E-state index is 9.40. The second-order valence-corrected chi connectivity index (χ2v) is 6.00. The molecule has 23 heavy (non-hydrogen) atoms. The molecule has 3 aromatic rings. The second-order valence-electron chi connectivity index (χ2n) is 6.00. The molecule has 4 heteroatoms. The van der Waals surface area contributed by atoms with Crippen molar-refractivity contribution in [2.24, 2.45) is 0 Å². The van der Waals surface area contributed by atoms with Crippen LogP contribution in [-0.2, 0) is 6.42 Å². The van der Waals surface area contributed by atoms with Gasteiger partial charge in [-0.05, 0) is 49.6 Å². The van der Waals surface area contributed by atoms with Crippen LogP contribution in [0.1, 0.15) is 18.1 Å². The molecule has 0 saturated carbocycles. The highest BCUT2D eigenvalue weighted by Crippen LogP contribution is 2.27. The van der Waals surface area contributed by atoms with Gasteiger partial charge in [0.2, 0.25) is 0 Å². The Kier molecular flexibility index (Phi) is 4.15. The van der Waals surface area contributed by atoms with E-state index in [9.17, 15) is 5.11 Å². The van der Waals surface area contributed by atoms with Crippen LogP contribution in [-0.4, -0.2) is 28.2 Å². The summed E-state index contributed by atoms with van der Waals surface area (Å²) in [5.41, 5.74) is 3.35. The first kappa shape index (κ1) is 15.3. The fourth-order valence-electron chi connectivity index (χ4n) is 2.85.